The van der Waals surface area contributed by atoms with Crippen molar-refractivity contribution >= 4 is 6.03 Å². The van der Waals surface area contributed by atoms with E-state index < -0.39 is 12.5 Å². The number of aliphatic hydroxyl groups is 1. The molecule has 2 aliphatic rings. The third-order valence-electron chi connectivity index (χ3n) is 7.48. The molecule has 7 nitrogen and oxygen atoms in total. The summed E-state index contributed by atoms with van der Waals surface area (Å²) in [5, 5.41) is 9.87. The third kappa shape index (κ3) is 6.35. The molecule has 3 heterocycles. The molecule has 1 N–H and O–H groups in total. The van der Waals surface area contributed by atoms with Crippen LogP contribution in [0.4, 0.5) is 22.4 Å². The number of halogens is 4. The normalized spacial score (nSPS) is 20.8. The van der Waals surface area contributed by atoms with Crippen LogP contribution < -0.4 is 4.74 Å². The molecule has 5 rings (SSSR count). The quantitative estimate of drug-likeness (QED) is 0.447. The Morgan fingerprint density at radius 1 is 1.05 bits per heavy atom. The van der Waals surface area contributed by atoms with Gasteiger partial charge in [-0.25, -0.2) is 14.2 Å². The zero-order valence-corrected chi connectivity index (χ0v) is 21.4. The minimum atomic E-state index is -4.78. The number of likely N-dealkylation sites (tertiary alicyclic amines) is 2. The van der Waals surface area contributed by atoms with E-state index in [2.05, 4.69) is 9.72 Å². The van der Waals surface area contributed by atoms with Crippen LogP contribution in [0.1, 0.15) is 47.9 Å². The number of aliphatic hydroxyl groups excluding tert-OH is 1. The zero-order valence-electron chi connectivity index (χ0n) is 21.4. The van der Waals surface area contributed by atoms with Crippen molar-refractivity contribution in [1.82, 2.24) is 19.4 Å². The van der Waals surface area contributed by atoms with E-state index in [1.165, 1.54) is 18.2 Å². The molecular weight excluding hydrogens is 516 g/mol. The topological polar surface area (TPSA) is 70.8 Å². The third-order valence-corrected chi connectivity index (χ3v) is 7.48. The second-order valence-electron chi connectivity index (χ2n) is 10.3. The molecule has 2 aliphatic heterocycles. The summed E-state index contributed by atoms with van der Waals surface area (Å²) in [5.41, 5.74) is 2.52. The Kier molecular flexibility index (Phi) is 7.53. The summed E-state index contributed by atoms with van der Waals surface area (Å²) in [7, 11) is 0. The van der Waals surface area contributed by atoms with Crippen molar-refractivity contribution in [3.05, 3.63) is 77.6 Å². The molecule has 11 heteroatoms. The number of carbonyl (C=O) groups is 1. The van der Waals surface area contributed by atoms with Crippen LogP contribution in [0.2, 0.25) is 0 Å². The number of carbonyl (C=O) groups excluding carboxylic acids is 1. The zero-order chi connectivity index (χ0) is 27.7. The van der Waals surface area contributed by atoms with Crippen LogP contribution in [0, 0.1) is 12.7 Å². The lowest BCUT2D eigenvalue weighted by Crippen LogP contribution is -2.51. The van der Waals surface area contributed by atoms with Crippen molar-refractivity contribution in [2.75, 3.05) is 26.2 Å². The average Bonchev–Trinajstić information content (AvgIpc) is 3.40. The van der Waals surface area contributed by atoms with Crippen molar-refractivity contribution < 1.29 is 32.2 Å². The van der Waals surface area contributed by atoms with E-state index in [1.807, 2.05) is 6.20 Å². The lowest BCUT2D eigenvalue weighted by atomic mass is 9.82. The minimum absolute atomic E-state index is 0.130. The molecule has 39 heavy (non-hydrogen) atoms. The molecular formula is C28H30F4N4O3. The van der Waals surface area contributed by atoms with Gasteiger partial charge in [0.25, 0.3) is 0 Å². The van der Waals surface area contributed by atoms with Crippen molar-refractivity contribution in [3.63, 3.8) is 0 Å². The van der Waals surface area contributed by atoms with E-state index >= 15 is 0 Å². The fraction of sp³-hybridized carbons (Fsp3) is 0.429. The highest BCUT2D eigenvalue weighted by Crippen LogP contribution is 2.38. The number of urea groups is 1. The Bertz CT molecular complexity index is 1320. The molecule has 2 aromatic carbocycles. The van der Waals surface area contributed by atoms with E-state index in [9.17, 15) is 27.5 Å². The number of hydrogen-bond donors (Lipinski definition) is 1. The average molecular weight is 547 g/mol. The van der Waals surface area contributed by atoms with Gasteiger partial charge in [0.05, 0.1) is 18.1 Å². The molecule has 1 aromatic heterocycles. The fourth-order valence-corrected chi connectivity index (χ4v) is 5.46. The lowest BCUT2D eigenvalue weighted by Gasteiger charge is -2.41. The second-order valence-corrected chi connectivity index (χ2v) is 10.3. The molecule has 2 saturated heterocycles. The summed E-state index contributed by atoms with van der Waals surface area (Å²) in [5.74, 6) is -0.921. The highest BCUT2D eigenvalue weighted by Gasteiger charge is 2.36. The largest absolute Gasteiger partial charge is 0.573 e. The van der Waals surface area contributed by atoms with Gasteiger partial charge in [-0.15, -0.1) is 13.2 Å². The van der Waals surface area contributed by atoms with Crippen molar-refractivity contribution in [2.45, 2.75) is 50.5 Å². The number of imidazole rings is 1. The van der Waals surface area contributed by atoms with E-state index in [0.29, 0.717) is 56.7 Å². The number of aryl methyl sites for hydroxylation is 1. The molecule has 0 radical (unpaired) electrons. The van der Waals surface area contributed by atoms with Crippen LogP contribution in [-0.4, -0.2) is 69.1 Å². The summed E-state index contributed by atoms with van der Waals surface area (Å²) >= 11 is 0. The fourth-order valence-electron chi connectivity index (χ4n) is 5.46. The molecule has 2 fully saturated rings. The van der Waals surface area contributed by atoms with E-state index in [-0.39, 0.29) is 29.4 Å². The highest BCUT2D eigenvalue weighted by molar-refractivity contribution is 5.75. The smallest absolute Gasteiger partial charge is 0.406 e. The first-order valence-electron chi connectivity index (χ1n) is 12.9. The van der Waals surface area contributed by atoms with Crippen LogP contribution in [-0.2, 0) is 0 Å². The maximum absolute atomic E-state index is 13.8. The van der Waals surface area contributed by atoms with Crippen molar-refractivity contribution in [3.8, 4) is 11.4 Å². The van der Waals surface area contributed by atoms with Gasteiger partial charge >= 0.3 is 12.4 Å². The number of nitrogens with zero attached hydrogens (tertiary/aromatic N) is 4. The number of piperidine rings is 2. The SMILES string of the molecule is Cc1cc(C2CC(c3cn(-c4cccc(F)c4)cn3)CN(C(=O)N3CCC(O)CC3)C2)ccc1OC(F)(F)F. The molecule has 0 aliphatic carbocycles. The number of aromatic nitrogens is 2. The first-order chi connectivity index (χ1) is 18.6. The first kappa shape index (κ1) is 27.0. The Balaban J connectivity index is 1.42. The van der Waals surface area contributed by atoms with E-state index in [1.54, 1.807) is 51.9 Å². The molecule has 2 amide bonds. The highest BCUT2D eigenvalue weighted by atomic mass is 19.4. The molecule has 0 spiro atoms. The van der Waals surface area contributed by atoms with Gasteiger partial charge < -0.3 is 24.2 Å². The first-order valence-corrected chi connectivity index (χ1v) is 12.9. The van der Waals surface area contributed by atoms with Gasteiger partial charge in [-0.05, 0) is 61.6 Å². The summed E-state index contributed by atoms with van der Waals surface area (Å²) in [6.45, 7) is 3.31. The van der Waals surface area contributed by atoms with Crippen LogP contribution in [0.15, 0.2) is 55.0 Å². The van der Waals surface area contributed by atoms with E-state index in [0.717, 1.165) is 11.3 Å². The number of rotatable bonds is 4. The Labute approximate surface area is 223 Å². The molecule has 0 bridgehead atoms. The number of benzene rings is 2. The lowest BCUT2D eigenvalue weighted by molar-refractivity contribution is -0.274. The van der Waals surface area contributed by atoms with Crippen LogP contribution in [0.5, 0.6) is 5.75 Å². The summed E-state index contributed by atoms with van der Waals surface area (Å²) in [4.78, 5) is 21.6. The molecule has 0 saturated carbocycles. The van der Waals surface area contributed by atoms with Gasteiger partial charge in [-0.2, -0.15) is 0 Å². The second kappa shape index (κ2) is 10.9. The molecule has 2 atom stereocenters. The molecule has 2 unspecified atom stereocenters. The summed E-state index contributed by atoms with van der Waals surface area (Å²) in [6, 6.07) is 10.6. The van der Waals surface area contributed by atoms with Gasteiger partial charge in [-0.1, -0.05) is 18.2 Å². The van der Waals surface area contributed by atoms with Gasteiger partial charge in [0, 0.05) is 49.9 Å². The number of hydrogen-bond acceptors (Lipinski definition) is 4. The van der Waals surface area contributed by atoms with Crippen LogP contribution >= 0.6 is 0 Å². The Morgan fingerprint density at radius 2 is 1.79 bits per heavy atom. The maximum Gasteiger partial charge on any atom is 0.573 e. The maximum atomic E-state index is 13.8. The van der Waals surface area contributed by atoms with Crippen molar-refractivity contribution in [2.24, 2.45) is 0 Å². The van der Waals surface area contributed by atoms with Gasteiger partial charge in [-0.3, -0.25) is 0 Å². The van der Waals surface area contributed by atoms with Gasteiger partial charge in [0.1, 0.15) is 11.6 Å². The predicted octanol–water partition coefficient (Wildman–Crippen LogP) is 5.37. The van der Waals surface area contributed by atoms with Crippen LogP contribution in [0.3, 0.4) is 0 Å². The number of alkyl halides is 3. The Morgan fingerprint density at radius 3 is 2.49 bits per heavy atom. The monoisotopic (exact) mass is 546 g/mol. The minimum Gasteiger partial charge on any atom is -0.406 e. The Hall–Kier alpha value is -3.60. The summed E-state index contributed by atoms with van der Waals surface area (Å²) < 4.78 is 58.0. The van der Waals surface area contributed by atoms with Gasteiger partial charge in [0.15, 0.2) is 0 Å². The van der Waals surface area contributed by atoms with Gasteiger partial charge in [0.2, 0.25) is 0 Å². The standard InChI is InChI=1S/C28H30F4N4O3/c1-18-11-19(5-6-26(18)39-28(30,31)32)20-12-21(15-35(14-20)27(38)34-9-7-24(37)8-10-34)25-16-36(17-33-25)23-4-2-3-22(29)13-23/h2-6,11,13,16-17,20-21,24,37H,7-10,12,14-15H2,1H3. The summed E-state index contributed by atoms with van der Waals surface area (Å²) in [6.07, 6.45) is -0.0976. The predicted molar refractivity (Wildman–Crippen MR) is 135 cm³/mol. The van der Waals surface area contributed by atoms with Crippen molar-refractivity contribution in [1.29, 1.82) is 0 Å². The number of amides is 2. The van der Waals surface area contributed by atoms with Crippen LogP contribution in [0.25, 0.3) is 5.69 Å². The van der Waals surface area contributed by atoms with E-state index in [4.69, 9.17) is 0 Å². The molecule has 208 valence electrons. The molecule has 3 aromatic rings. The number of ether oxygens (including phenoxy) is 1.